The third kappa shape index (κ3) is 2.82. The predicted molar refractivity (Wildman–Crippen MR) is 123 cm³/mol. The van der Waals surface area contributed by atoms with E-state index in [-0.39, 0.29) is 11.6 Å². The van der Waals surface area contributed by atoms with Gasteiger partial charge in [-0.1, -0.05) is 66.3 Å². The molecule has 0 saturated carbocycles. The molecule has 3 aliphatic rings. The van der Waals surface area contributed by atoms with E-state index in [4.69, 9.17) is 5.32 Å². The number of nitrogens with one attached hydrogen (secondary N) is 2. The second-order valence-corrected chi connectivity index (χ2v) is 8.47. The number of carbonyl (C=O) groups is 2. The molecule has 0 spiro atoms. The molecule has 2 N–H and O–H groups in total. The fourth-order valence-corrected chi connectivity index (χ4v) is 4.87. The summed E-state index contributed by atoms with van der Waals surface area (Å²) in [6.45, 7) is 1.98. The summed E-state index contributed by atoms with van der Waals surface area (Å²) in [5.41, 5.74) is 5.39. The highest BCUT2D eigenvalue weighted by Gasteiger charge is 2.39. The number of hydrogen-bond acceptors (Lipinski definition) is 2. The summed E-state index contributed by atoms with van der Waals surface area (Å²) in [6, 6.07) is 11.1. The summed E-state index contributed by atoms with van der Waals surface area (Å²) < 4.78 is 0. The molecule has 0 fully saturated rings. The first-order chi connectivity index (χ1) is 15.6. The van der Waals surface area contributed by atoms with E-state index in [0.29, 0.717) is 23.2 Å². The van der Waals surface area contributed by atoms with Gasteiger partial charge in [-0.3, -0.25) is 9.59 Å². The van der Waals surface area contributed by atoms with E-state index in [0.717, 1.165) is 45.2 Å². The average molecular weight is 419 g/mol. The predicted octanol–water partition coefficient (Wildman–Crippen LogP) is 3.33. The standard InChI is InChI=1S/C27H20N3O2/c1-15-14-28-23(29-15)13-17-12-21-18-7-3-2-6-16(18)10-11-22(21)30-25(17)24-26(31)19-8-4-5-9-20(19)27(24)32/h2,4-12,14,24H,3,13H2,1H3,(H,28,29)/q-1/p+1. The molecule has 5 heteroatoms. The van der Waals surface area contributed by atoms with Gasteiger partial charge in [0.1, 0.15) is 11.9 Å². The number of ketones is 2. The Hall–Kier alpha value is -3.99. The molecule has 2 aliphatic carbocycles. The monoisotopic (exact) mass is 419 g/mol. The molecule has 2 heterocycles. The summed E-state index contributed by atoms with van der Waals surface area (Å²) >= 11 is 0. The van der Waals surface area contributed by atoms with Gasteiger partial charge in [0.15, 0.2) is 11.6 Å². The van der Waals surface area contributed by atoms with Crippen LogP contribution in [0.3, 0.4) is 0 Å². The molecule has 2 aromatic carbocycles. The summed E-state index contributed by atoms with van der Waals surface area (Å²) in [5.74, 6) is -0.327. The van der Waals surface area contributed by atoms with Crippen LogP contribution in [-0.4, -0.2) is 16.6 Å². The minimum absolute atomic E-state index is 0.169. The van der Waals surface area contributed by atoms with Crippen LogP contribution in [0.15, 0.2) is 59.9 Å². The normalized spacial score (nSPS) is 16.8. The van der Waals surface area contributed by atoms with Crippen molar-refractivity contribution in [2.45, 2.75) is 19.8 Å². The Morgan fingerprint density at radius 1 is 1.06 bits per heavy atom. The summed E-state index contributed by atoms with van der Waals surface area (Å²) in [4.78, 5) is 33.2. The van der Waals surface area contributed by atoms with Crippen molar-refractivity contribution in [3.8, 4) is 0 Å². The van der Waals surface area contributed by atoms with Crippen LogP contribution < -0.4 is 15.4 Å². The zero-order valence-corrected chi connectivity index (χ0v) is 17.6. The highest BCUT2D eigenvalue weighted by Crippen LogP contribution is 2.40. The van der Waals surface area contributed by atoms with Gasteiger partial charge in [0, 0.05) is 18.1 Å². The van der Waals surface area contributed by atoms with Crippen LogP contribution in [0.1, 0.15) is 44.2 Å². The Morgan fingerprint density at radius 3 is 2.56 bits per heavy atom. The minimum atomic E-state index is -0.900. The maximum absolute atomic E-state index is 13.3. The Kier molecular flexibility index (Phi) is 4.12. The van der Waals surface area contributed by atoms with Gasteiger partial charge in [-0.15, -0.1) is 11.4 Å². The third-order valence-corrected chi connectivity index (χ3v) is 6.38. The highest BCUT2D eigenvalue weighted by atomic mass is 16.2. The van der Waals surface area contributed by atoms with Gasteiger partial charge in [0.2, 0.25) is 0 Å². The number of allylic oxidation sites excluding steroid dienone is 3. The summed E-state index contributed by atoms with van der Waals surface area (Å²) in [5, 5.41) is 7.14. The molecular formula is C27H21N3O2. The first kappa shape index (κ1) is 18.8. The van der Waals surface area contributed by atoms with Crippen molar-refractivity contribution in [2.24, 2.45) is 5.92 Å². The lowest BCUT2D eigenvalue weighted by Gasteiger charge is -2.36. The van der Waals surface area contributed by atoms with Crippen molar-refractivity contribution in [2.75, 3.05) is 0 Å². The zero-order valence-electron chi connectivity index (χ0n) is 17.6. The van der Waals surface area contributed by atoms with Crippen molar-refractivity contribution in [3.05, 3.63) is 104 Å². The molecule has 0 atom stereocenters. The number of aryl methyl sites for hydroxylation is 1. The smallest absolute Gasteiger partial charge is 0.256 e. The van der Waals surface area contributed by atoms with E-state index >= 15 is 0 Å². The summed E-state index contributed by atoms with van der Waals surface area (Å²) in [7, 11) is 0. The molecule has 32 heavy (non-hydrogen) atoms. The van der Waals surface area contributed by atoms with Crippen LogP contribution in [0, 0.1) is 12.8 Å². The number of aromatic nitrogens is 2. The van der Waals surface area contributed by atoms with Gasteiger partial charge >= 0.3 is 0 Å². The number of nitrogens with zero attached hydrogens (tertiary/aromatic N) is 1. The van der Waals surface area contributed by atoms with Crippen molar-refractivity contribution in [3.63, 3.8) is 0 Å². The molecule has 1 aromatic heterocycles. The summed E-state index contributed by atoms with van der Waals surface area (Å²) in [6.07, 6.45) is 11.9. The lowest BCUT2D eigenvalue weighted by Crippen LogP contribution is -2.32. The first-order valence-corrected chi connectivity index (χ1v) is 10.8. The number of carbonyl (C=O) groups excluding carboxylic acids is 2. The van der Waals surface area contributed by atoms with E-state index in [1.165, 1.54) is 0 Å². The molecule has 0 radical (unpaired) electrons. The molecule has 3 aromatic rings. The number of hydrogen-bond donors (Lipinski definition) is 1. The van der Waals surface area contributed by atoms with Crippen LogP contribution >= 0.6 is 0 Å². The van der Waals surface area contributed by atoms with E-state index in [1.54, 1.807) is 24.3 Å². The Labute approximate surface area is 184 Å². The number of rotatable bonds is 3. The Morgan fingerprint density at radius 2 is 1.84 bits per heavy atom. The van der Waals surface area contributed by atoms with Gasteiger partial charge < -0.3 is 5.32 Å². The van der Waals surface area contributed by atoms with Gasteiger partial charge in [0.05, 0.1) is 12.3 Å². The van der Waals surface area contributed by atoms with E-state index in [1.807, 2.05) is 19.2 Å². The van der Waals surface area contributed by atoms with Crippen molar-refractivity contribution in [1.82, 2.24) is 4.98 Å². The van der Waals surface area contributed by atoms with Crippen LogP contribution in [-0.2, 0) is 6.42 Å². The number of imidazole rings is 1. The fourth-order valence-electron chi connectivity index (χ4n) is 4.87. The van der Waals surface area contributed by atoms with E-state index < -0.39 is 5.92 Å². The van der Waals surface area contributed by atoms with Crippen LogP contribution in [0.2, 0.25) is 0 Å². The molecule has 1 aliphatic heterocycles. The molecule has 5 nitrogen and oxygen atoms in total. The molecule has 0 saturated heterocycles. The second kappa shape index (κ2) is 7.02. The minimum Gasteiger partial charge on any atom is -0.660 e. The molecule has 0 unspecified atom stereocenters. The van der Waals surface area contributed by atoms with E-state index in [2.05, 4.69) is 40.3 Å². The van der Waals surface area contributed by atoms with Gasteiger partial charge in [-0.2, -0.15) is 0 Å². The Balaban J connectivity index is 1.55. The quantitative estimate of drug-likeness (QED) is 0.661. The molecule has 6 rings (SSSR count). The fraction of sp³-hybridized carbons (Fsp3) is 0.148. The zero-order chi connectivity index (χ0) is 21.8. The molecule has 0 amide bonds. The van der Waals surface area contributed by atoms with Gasteiger partial charge in [-0.05, 0) is 22.4 Å². The largest absolute Gasteiger partial charge is 0.660 e. The molecule has 0 bridgehead atoms. The second-order valence-electron chi connectivity index (χ2n) is 8.47. The van der Waals surface area contributed by atoms with Crippen LogP contribution in [0.5, 0.6) is 0 Å². The lowest BCUT2D eigenvalue weighted by molar-refractivity contribution is -0.387. The van der Waals surface area contributed by atoms with Crippen molar-refractivity contribution < 1.29 is 14.6 Å². The van der Waals surface area contributed by atoms with E-state index in [9.17, 15) is 9.59 Å². The molecular weight excluding hydrogens is 398 g/mol. The number of aromatic amines is 2. The van der Waals surface area contributed by atoms with Crippen LogP contribution in [0.4, 0.5) is 5.69 Å². The first-order valence-electron chi connectivity index (χ1n) is 10.8. The van der Waals surface area contributed by atoms with Crippen LogP contribution in [0.25, 0.3) is 23.5 Å². The number of fused-ring (bicyclic) bond motifs is 4. The average Bonchev–Trinajstić information content (AvgIpc) is 3.34. The van der Waals surface area contributed by atoms with Crippen molar-refractivity contribution >= 4 is 35.5 Å². The third-order valence-electron chi connectivity index (χ3n) is 6.38. The highest BCUT2D eigenvalue weighted by molar-refractivity contribution is 6.28. The maximum atomic E-state index is 13.3. The molecule has 156 valence electrons. The number of H-pyrrole nitrogens is 2. The lowest BCUT2D eigenvalue weighted by atomic mass is 9.90. The topological polar surface area (TPSA) is 78.2 Å². The maximum Gasteiger partial charge on any atom is 0.256 e. The number of benzene rings is 2. The van der Waals surface area contributed by atoms with Gasteiger partial charge in [0.25, 0.3) is 5.82 Å². The number of Topliss-reactive ketones (excluding diaryl/α,β-unsaturated/α-hetero) is 2. The van der Waals surface area contributed by atoms with Gasteiger partial charge in [-0.25, -0.2) is 9.97 Å². The van der Waals surface area contributed by atoms with Crippen molar-refractivity contribution in [1.29, 1.82) is 0 Å². The Bertz CT molecular complexity index is 1470. The SMILES string of the molecule is Cc1c[nH+]c(CC2=C(C3C(=O)c4ccccc4C3=O)[N-]c3ccc4c(c3=C2)=CCC=C4)[nH]1.